The van der Waals surface area contributed by atoms with Crippen LogP contribution < -0.4 is 10.6 Å². The van der Waals surface area contributed by atoms with E-state index in [1.165, 1.54) is 0 Å². The van der Waals surface area contributed by atoms with Crippen molar-refractivity contribution in [1.29, 1.82) is 0 Å². The molecule has 0 amide bonds. The average molecular weight is 221 g/mol. The van der Waals surface area contributed by atoms with Crippen LogP contribution >= 0.6 is 0 Å². The average Bonchev–Trinajstić information content (AvgIpc) is 2.26. The first-order chi connectivity index (χ1) is 7.45. The first kappa shape index (κ1) is 12.8. The number of hydrogen-bond acceptors (Lipinski definition) is 3. The molecule has 0 saturated carbocycles. The number of nitrogens with zero attached hydrogens (tertiary/aromatic N) is 1. The molecule has 0 unspecified atom stereocenters. The van der Waals surface area contributed by atoms with Crippen molar-refractivity contribution in [2.24, 2.45) is 11.3 Å². The van der Waals surface area contributed by atoms with Gasteiger partial charge in [-0.2, -0.15) is 0 Å². The normalized spacial score (nSPS) is 11.6. The minimum atomic E-state index is 0.295. The SMILES string of the molecule is CNc1cc(NCC(C)(C)C(C)C)ccn1. The van der Waals surface area contributed by atoms with Gasteiger partial charge >= 0.3 is 0 Å². The van der Waals surface area contributed by atoms with Crippen LogP contribution in [0.1, 0.15) is 27.7 Å². The highest BCUT2D eigenvalue weighted by molar-refractivity contribution is 5.51. The summed E-state index contributed by atoms with van der Waals surface area (Å²) in [4.78, 5) is 4.19. The molecule has 90 valence electrons. The first-order valence-electron chi connectivity index (χ1n) is 5.83. The standard InChI is InChI=1S/C13H23N3/c1-10(2)13(3,4)9-16-11-6-7-15-12(8-11)14-5/h6-8,10H,9H2,1-5H3,(H2,14,15,16). The molecular formula is C13H23N3. The van der Waals surface area contributed by atoms with Crippen LogP contribution in [0.3, 0.4) is 0 Å². The minimum Gasteiger partial charge on any atom is -0.384 e. The molecule has 0 saturated heterocycles. The summed E-state index contributed by atoms with van der Waals surface area (Å²) < 4.78 is 0. The van der Waals surface area contributed by atoms with E-state index in [1.807, 2.05) is 25.4 Å². The fourth-order valence-electron chi connectivity index (χ4n) is 1.21. The highest BCUT2D eigenvalue weighted by Gasteiger charge is 2.21. The summed E-state index contributed by atoms with van der Waals surface area (Å²) >= 11 is 0. The van der Waals surface area contributed by atoms with Gasteiger partial charge in [0.2, 0.25) is 0 Å². The number of pyridine rings is 1. The molecule has 0 aliphatic heterocycles. The van der Waals surface area contributed by atoms with Gasteiger partial charge in [0.05, 0.1) is 0 Å². The summed E-state index contributed by atoms with van der Waals surface area (Å²) in [5.74, 6) is 1.55. The van der Waals surface area contributed by atoms with Gasteiger partial charge in [-0.25, -0.2) is 4.98 Å². The quantitative estimate of drug-likeness (QED) is 0.801. The lowest BCUT2D eigenvalue weighted by molar-refractivity contribution is 0.269. The fraction of sp³-hybridized carbons (Fsp3) is 0.615. The Kier molecular flexibility index (Phi) is 4.16. The monoisotopic (exact) mass is 221 g/mol. The van der Waals surface area contributed by atoms with Crippen LogP contribution in [0.15, 0.2) is 18.3 Å². The van der Waals surface area contributed by atoms with E-state index >= 15 is 0 Å². The van der Waals surface area contributed by atoms with E-state index in [9.17, 15) is 0 Å². The molecule has 3 nitrogen and oxygen atoms in total. The van der Waals surface area contributed by atoms with Crippen molar-refractivity contribution < 1.29 is 0 Å². The molecule has 1 aromatic rings. The molecule has 0 aliphatic carbocycles. The molecule has 1 aromatic heterocycles. The molecule has 3 heteroatoms. The van der Waals surface area contributed by atoms with Gasteiger partial charge in [0, 0.05) is 31.5 Å². The van der Waals surface area contributed by atoms with Crippen LogP contribution in [0, 0.1) is 11.3 Å². The van der Waals surface area contributed by atoms with E-state index in [1.54, 1.807) is 0 Å². The van der Waals surface area contributed by atoms with Crippen molar-refractivity contribution >= 4 is 11.5 Å². The van der Waals surface area contributed by atoms with Crippen molar-refractivity contribution in [3.05, 3.63) is 18.3 Å². The van der Waals surface area contributed by atoms with Crippen molar-refractivity contribution in [2.75, 3.05) is 24.2 Å². The largest absolute Gasteiger partial charge is 0.384 e. The maximum atomic E-state index is 4.19. The third-order valence-corrected chi connectivity index (χ3v) is 3.33. The van der Waals surface area contributed by atoms with Gasteiger partial charge in [-0.1, -0.05) is 27.7 Å². The maximum Gasteiger partial charge on any atom is 0.127 e. The lowest BCUT2D eigenvalue weighted by Crippen LogP contribution is -2.28. The summed E-state index contributed by atoms with van der Waals surface area (Å²) in [6.07, 6.45) is 1.82. The Morgan fingerprint density at radius 1 is 1.38 bits per heavy atom. The van der Waals surface area contributed by atoms with E-state index in [0.717, 1.165) is 18.1 Å². The number of nitrogens with one attached hydrogen (secondary N) is 2. The summed E-state index contributed by atoms with van der Waals surface area (Å²) in [5.41, 5.74) is 1.41. The molecule has 0 aliphatic rings. The first-order valence-corrected chi connectivity index (χ1v) is 5.83. The third kappa shape index (κ3) is 3.40. The number of anilines is 2. The second kappa shape index (κ2) is 5.19. The van der Waals surface area contributed by atoms with Crippen LogP contribution in [0.5, 0.6) is 0 Å². The summed E-state index contributed by atoms with van der Waals surface area (Å²) in [6, 6.07) is 4.02. The van der Waals surface area contributed by atoms with E-state index < -0.39 is 0 Å². The van der Waals surface area contributed by atoms with Gasteiger partial charge in [0.1, 0.15) is 5.82 Å². The van der Waals surface area contributed by atoms with E-state index in [0.29, 0.717) is 11.3 Å². The van der Waals surface area contributed by atoms with Crippen molar-refractivity contribution in [3.63, 3.8) is 0 Å². The van der Waals surface area contributed by atoms with Gasteiger partial charge in [0.25, 0.3) is 0 Å². The molecule has 1 heterocycles. The zero-order valence-corrected chi connectivity index (χ0v) is 11.0. The zero-order chi connectivity index (χ0) is 12.2. The fourth-order valence-corrected chi connectivity index (χ4v) is 1.21. The summed E-state index contributed by atoms with van der Waals surface area (Å²) in [5, 5.41) is 6.50. The van der Waals surface area contributed by atoms with E-state index in [2.05, 4.69) is 43.3 Å². The Hall–Kier alpha value is -1.25. The van der Waals surface area contributed by atoms with Crippen molar-refractivity contribution in [1.82, 2.24) is 4.98 Å². The van der Waals surface area contributed by atoms with Crippen LogP contribution in [-0.2, 0) is 0 Å². The van der Waals surface area contributed by atoms with E-state index in [-0.39, 0.29) is 0 Å². The predicted molar refractivity (Wildman–Crippen MR) is 70.9 cm³/mol. The number of aromatic nitrogens is 1. The van der Waals surface area contributed by atoms with Crippen LogP contribution in [0.4, 0.5) is 11.5 Å². The number of hydrogen-bond donors (Lipinski definition) is 2. The predicted octanol–water partition coefficient (Wildman–Crippen LogP) is 3.22. The number of rotatable bonds is 5. The van der Waals surface area contributed by atoms with Crippen LogP contribution in [-0.4, -0.2) is 18.6 Å². The Labute approximate surface area is 98.7 Å². The third-order valence-electron chi connectivity index (χ3n) is 3.33. The molecule has 2 N–H and O–H groups in total. The van der Waals surface area contributed by atoms with Gasteiger partial charge in [-0.15, -0.1) is 0 Å². The Morgan fingerprint density at radius 3 is 2.62 bits per heavy atom. The topological polar surface area (TPSA) is 37.0 Å². The maximum absolute atomic E-state index is 4.19. The zero-order valence-electron chi connectivity index (χ0n) is 11.0. The second-order valence-electron chi connectivity index (χ2n) is 5.18. The molecule has 0 radical (unpaired) electrons. The summed E-state index contributed by atoms with van der Waals surface area (Å²) in [7, 11) is 1.88. The lowest BCUT2D eigenvalue weighted by atomic mass is 9.81. The highest BCUT2D eigenvalue weighted by atomic mass is 15.0. The van der Waals surface area contributed by atoms with Gasteiger partial charge in [0.15, 0.2) is 0 Å². The molecule has 1 rings (SSSR count). The molecular weight excluding hydrogens is 198 g/mol. The van der Waals surface area contributed by atoms with Crippen LogP contribution in [0.25, 0.3) is 0 Å². The lowest BCUT2D eigenvalue weighted by Gasteiger charge is -2.29. The Bertz CT molecular complexity index is 332. The van der Waals surface area contributed by atoms with Crippen LogP contribution in [0.2, 0.25) is 0 Å². The van der Waals surface area contributed by atoms with Gasteiger partial charge in [-0.05, 0) is 17.4 Å². The van der Waals surface area contributed by atoms with Crippen molar-refractivity contribution in [3.8, 4) is 0 Å². The van der Waals surface area contributed by atoms with E-state index in [4.69, 9.17) is 0 Å². The van der Waals surface area contributed by atoms with Gasteiger partial charge in [-0.3, -0.25) is 0 Å². The molecule has 16 heavy (non-hydrogen) atoms. The summed E-state index contributed by atoms with van der Waals surface area (Å²) in [6.45, 7) is 10.0. The smallest absolute Gasteiger partial charge is 0.127 e. The molecule has 0 spiro atoms. The van der Waals surface area contributed by atoms with Gasteiger partial charge < -0.3 is 10.6 Å². The minimum absolute atomic E-state index is 0.295. The Balaban J connectivity index is 2.60. The molecule has 0 atom stereocenters. The molecule has 0 fully saturated rings. The molecule has 0 aromatic carbocycles. The molecule has 0 bridgehead atoms. The van der Waals surface area contributed by atoms with Crippen molar-refractivity contribution in [2.45, 2.75) is 27.7 Å². The second-order valence-corrected chi connectivity index (χ2v) is 5.18. The Morgan fingerprint density at radius 2 is 2.06 bits per heavy atom. The highest BCUT2D eigenvalue weighted by Crippen LogP contribution is 2.26.